The molecular weight excluding hydrogens is 290 g/mol. The first-order valence-corrected chi connectivity index (χ1v) is 8.29. The summed E-state index contributed by atoms with van der Waals surface area (Å²) in [6, 6.07) is 10.1. The summed E-state index contributed by atoms with van der Waals surface area (Å²) in [4.78, 5) is 27.7. The summed E-state index contributed by atoms with van der Waals surface area (Å²) in [5.41, 5.74) is 1.14. The van der Waals surface area contributed by atoms with Crippen LogP contribution < -0.4 is 5.32 Å². The van der Waals surface area contributed by atoms with Crippen LogP contribution in [0, 0.1) is 5.92 Å². The zero-order valence-corrected chi connectivity index (χ0v) is 14.3. The van der Waals surface area contributed by atoms with Gasteiger partial charge in [0.2, 0.25) is 11.8 Å². The zero-order valence-electron chi connectivity index (χ0n) is 14.3. The summed E-state index contributed by atoms with van der Waals surface area (Å²) in [7, 11) is 0. The fraction of sp³-hybridized carbons (Fsp3) is 0.556. The van der Waals surface area contributed by atoms with Crippen LogP contribution in [0.3, 0.4) is 0 Å². The van der Waals surface area contributed by atoms with Gasteiger partial charge in [0.25, 0.3) is 0 Å². The molecule has 0 bridgehead atoms. The molecule has 0 unspecified atom stereocenters. The van der Waals surface area contributed by atoms with Crippen LogP contribution in [0.2, 0.25) is 0 Å². The Labute approximate surface area is 138 Å². The second kappa shape index (κ2) is 8.11. The molecule has 1 heterocycles. The third-order valence-corrected chi connectivity index (χ3v) is 4.33. The van der Waals surface area contributed by atoms with Gasteiger partial charge in [0, 0.05) is 33.1 Å². The summed E-state index contributed by atoms with van der Waals surface area (Å²) in [5.74, 6) is 0.484. The van der Waals surface area contributed by atoms with Crippen LogP contribution in [0.15, 0.2) is 30.3 Å². The van der Waals surface area contributed by atoms with Crippen molar-refractivity contribution in [3.05, 3.63) is 35.9 Å². The van der Waals surface area contributed by atoms with Crippen LogP contribution in [-0.4, -0.2) is 54.3 Å². The van der Waals surface area contributed by atoms with Crippen molar-refractivity contribution in [2.24, 2.45) is 5.92 Å². The lowest BCUT2D eigenvalue weighted by atomic mass is 9.96. The first kappa shape index (κ1) is 17.5. The highest BCUT2D eigenvalue weighted by Crippen LogP contribution is 2.21. The molecule has 0 aromatic heterocycles. The summed E-state index contributed by atoms with van der Waals surface area (Å²) in [6.07, 6.45) is 0. The second-order valence-electron chi connectivity index (χ2n) is 6.48. The van der Waals surface area contributed by atoms with Crippen LogP contribution in [0.4, 0.5) is 0 Å². The van der Waals surface area contributed by atoms with Gasteiger partial charge in [0.1, 0.15) is 0 Å². The van der Waals surface area contributed by atoms with E-state index < -0.39 is 0 Å². The van der Waals surface area contributed by atoms with E-state index in [1.165, 1.54) is 0 Å². The maximum Gasteiger partial charge on any atom is 0.234 e. The van der Waals surface area contributed by atoms with Crippen molar-refractivity contribution in [3.8, 4) is 0 Å². The number of carbonyl (C=O) groups is 2. The van der Waals surface area contributed by atoms with Gasteiger partial charge in [-0.25, -0.2) is 0 Å². The number of rotatable bonds is 5. The van der Waals surface area contributed by atoms with Gasteiger partial charge in [0.05, 0.1) is 12.6 Å². The van der Waals surface area contributed by atoms with E-state index in [4.69, 9.17) is 0 Å². The minimum absolute atomic E-state index is 0.0298. The van der Waals surface area contributed by atoms with Crippen molar-refractivity contribution < 1.29 is 9.59 Å². The van der Waals surface area contributed by atoms with Gasteiger partial charge in [-0.15, -0.1) is 0 Å². The molecule has 0 spiro atoms. The Hall–Kier alpha value is -1.88. The number of nitrogens with one attached hydrogen (secondary N) is 1. The number of amides is 2. The largest absolute Gasteiger partial charge is 0.348 e. The SMILES string of the molecule is CC(=O)N1CCN(CC(=O)N[C@@H](c2ccccc2)C(C)C)CC1. The Bertz CT molecular complexity index is 522. The summed E-state index contributed by atoms with van der Waals surface area (Å²) in [6.45, 7) is 9.13. The fourth-order valence-electron chi connectivity index (χ4n) is 2.94. The predicted molar refractivity (Wildman–Crippen MR) is 90.9 cm³/mol. The molecule has 5 nitrogen and oxygen atoms in total. The van der Waals surface area contributed by atoms with Crippen LogP contribution in [-0.2, 0) is 9.59 Å². The molecule has 5 heteroatoms. The lowest BCUT2D eigenvalue weighted by Gasteiger charge is -2.34. The molecular formula is C18H27N3O2. The Balaban J connectivity index is 1.87. The molecule has 1 saturated heterocycles. The lowest BCUT2D eigenvalue weighted by molar-refractivity contribution is -0.131. The number of nitrogens with zero attached hydrogens (tertiary/aromatic N) is 2. The van der Waals surface area contributed by atoms with E-state index in [0.29, 0.717) is 25.6 Å². The Morgan fingerprint density at radius 2 is 1.70 bits per heavy atom. The van der Waals surface area contributed by atoms with Crippen LogP contribution in [0.25, 0.3) is 0 Å². The maximum atomic E-state index is 12.4. The standard InChI is InChI=1S/C18H27N3O2/c1-14(2)18(16-7-5-4-6-8-16)19-17(23)13-20-9-11-21(12-10-20)15(3)22/h4-8,14,18H,9-13H2,1-3H3,(H,19,23)/t18-/m1/s1. The third-order valence-electron chi connectivity index (χ3n) is 4.33. The van der Waals surface area contributed by atoms with E-state index in [2.05, 4.69) is 36.2 Å². The highest BCUT2D eigenvalue weighted by atomic mass is 16.2. The van der Waals surface area contributed by atoms with E-state index in [-0.39, 0.29) is 17.9 Å². The summed E-state index contributed by atoms with van der Waals surface area (Å²) in [5, 5.41) is 3.15. The quantitative estimate of drug-likeness (QED) is 0.899. The van der Waals surface area contributed by atoms with E-state index in [0.717, 1.165) is 18.7 Å². The molecule has 1 atom stereocenters. The van der Waals surface area contributed by atoms with E-state index in [9.17, 15) is 9.59 Å². The molecule has 0 radical (unpaired) electrons. The van der Waals surface area contributed by atoms with E-state index in [1.807, 2.05) is 23.1 Å². The first-order valence-electron chi connectivity index (χ1n) is 8.29. The number of carbonyl (C=O) groups excluding carboxylic acids is 2. The van der Waals surface area contributed by atoms with E-state index >= 15 is 0 Å². The van der Waals surface area contributed by atoms with Gasteiger partial charge in [-0.2, -0.15) is 0 Å². The van der Waals surface area contributed by atoms with Crippen LogP contribution in [0.5, 0.6) is 0 Å². The zero-order chi connectivity index (χ0) is 16.8. The van der Waals surface area contributed by atoms with Gasteiger partial charge >= 0.3 is 0 Å². The van der Waals surface area contributed by atoms with Crippen LogP contribution >= 0.6 is 0 Å². The average molecular weight is 317 g/mol. The van der Waals surface area contributed by atoms with Crippen LogP contribution in [0.1, 0.15) is 32.4 Å². The summed E-state index contributed by atoms with van der Waals surface area (Å²) < 4.78 is 0. The highest BCUT2D eigenvalue weighted by molar-refractivity contribution is 5.78. The molecule has 2 amide bonds. The number of piperazine rings is 1. The molecule has 0 saturated carbocycles. The van der Waals surface area contributed by atoms with Gasteiger partial charge < -0.3 is 10.2 Å². The van der Waals surface area contributed by atoms with Crippen molar-refractivity contribution in [2.75, 3.05) is 32.7 Å². The smallest absolute Gasteiger partial charge is 0.234 e. The summed E-state index contributed by atoms with van der Waals surface area (Å²) >= 11 is 0. The number of hydrogen-bond acceptors (Lipinski definition) is 3. The first-order chi connectivity index (χ1) is 11.0. The topological polar surface area (TPSA) is 52.7 Å². The second-order valence-corrected chi connectivity index (χ2v) is 6.48. The monoisotopic (exact) mass is 317 g/mol. The van der Waals surface area contributed by atoms with Crippen molar-refractivity contribution in [3.63, 3.8) is 0 Å². The molecule has 2 rings (SSSR count). The Morgan fingerprint density at radius 1 is 1.09 bits per heavy atom. The van der Waals surface area contributed by atoms with Gasteiger partial charge in [-0.3, -0.25) is 14.5 Å². The van der Waals surface area contributed by atoms with Crippen molar-refractivity contribution in [1.82, 2.24) is 15.1 Å². The molecule has 1 aliphatic rings. The van der Waals surface area contributed by atoms with Crippen molar-refractivity contribution >= 4 is 11.8 Å². The minimum Gasteiger partial charge on any atom is -0.348 e. The normalized spacial score (nSPS) is 17.1. The third kappa shape index (κ3) is 5.06. The fourth-order valence-corrected chi connectivity index (χ4v) is 2.94. The van der Waals surface area contributed by atoms with Gasteiger partial charge in [0.15, 0.2) is 0 Å². The Kier molecular flexibility index (Phi) is 6.16. The molecule has 1 N–H and O–H groups in total. The van der Waals surface area contributed by atoms with Gasteiger partial charge in [-0.1, -0.05) is 44.2 Å². The molecule has 1 fully saturated rings. The maximum absolute atomic E-state index is 12.4. The number of hydrogen-bond donors (Lipinski definition) is 1. The van der Waals surface area contributed by atoms with Gasteiger partial charge in [-0.05, 0) is 11.5 Å². The predicted octanol–water partition coefficient (Wildman–Crippen LogP) is 1.66. The molecule has 1 aliphatic heterocycles. The van der Waals surface area contributed by atoms with E-state index in [1.54, 1.807) is 6.92 Å². The van der Waals surface area contributed by atoms with Crippen molar-refractivity contribution in [1.29, 1.82) is 0 Å². The average Bonchev–Trinajstić information content (AvgIpc) is 2.53. The highest BCUT2D eigenvalue weighted by Gasteiger charge is 2.22. The molecule has 1 aromatic rings. The molecule has 23 heavy (non-hydrogen) atoms. The molecule has 0 aliphatic carbocycles. The Morgan fingerprint density at radius 3 is 2.22 bits per heavy atom. The molecule has 1 aromatic carbocycles. The molecule has 126 valence electrons. The van der Waals surface area contributed by atoms with Crippen molar-refractivity contribution in [2.45, 2.75) is 26.8 Å². The minimum atomic E-state index is 0.0298. The number of benzene rings is 1. The lowest BCUT2D eigenvalue weighted by Crippen LogP contribution is -2.51.